The van der Waals surface area contributed by atoms with E-state index in [1.54, 1.807) is 6.07 Å². The highest BCUT2D eigenvalue weighted by molar-refractivity contribution is 7.89. The van der Waals surface area contributed by atoms with E-state index in [9.17, 15) is 22.3 Å². The molecule has 3 heterocycles. The fourth-order valence-corrected chi connectivity index (χ4v) is 6.24. The quantitative estimate of drug-likeness (QED) is 0.492. The highest BCUT2D eigenvalue weighted by Crippen LogP contribution is 2.38. The van der Waals surface area contributed by atoms with Gasteiger partial charge in [-0.05, 0) is 38.8 Å². The first-order valence-corrected chi connectivity index (χ1v) is 13.1. The summed E-state index contributed by atoms with van der Waals surface area (Å²) in [4.78, 5) is 6.42. The fourth-order valence-electron chi connectivity index (χ4n) is 4.05. The molecule has 1 saturated carbocycles. The number of morpholine rings is 1. The maximum absolute atomic E-state index is 13.3. The van der Waals surface area contributed by atoms with E-state index in [4.69, 9.17) is 4.74 Å². The molecule has 0 unspecified atom stereocenters. The number of halogens is 2. The van der Waals surface area contributed by atoms with Gasteiger partial charge in [-0.1, -0.05) is 11.3 Å². The molecule has 1 aromatic carbocycles. The number of anilines is 1. The Bertz CT molecular complexity index is 1320. The Kier molecular flexibility index (Phi) is 5.83. The molecule has 1 aliphatic carbocycles. The van der Waals surface area contributed by atoms with Gasteiger partial charge in [0.05, 0.1) is 34.9 Å². The molecule has 0 radical (unpaired) electrons. The smallest absolute Gasteiger partial charge is 0.291 e. The lowest BCUT2D eigenvalue weighted by atomic mass is 10.1. The number of hydrogen-bond acceptors (Lipinski definition) is 9. The number of benzene rings is 1. The number of alkyl halides is 2. The minimum Gasteiger partial charge on any atom is -0.394 e. The van der Waals surface area contributed by atoms with Gasteiger partial charge in [0.2, 0.25) is 15.2 Å². The summed E-state index contributed by atoms with van der Waals surface area (Å²) in [5.74, 6) is 0. The number of aliphatic hydroxyl groups is 1. The van der Waals surface area contributed by atoms with Crippen LogP contribution in [-0.2, 0) is 14.8 Å². The Morgan fingerprint density at radius 2 is 2.09 bits per heavy atom. The molecule has 3 aromatic rings. The van der Waals surface area contributed by atoms with E-state index < -0.39 is 33.1 Å². The summed E-state index contributed by atoms with van der Waals surface area (Å²) < 4.78 is 62.7. The van der Waals surface area contributed by atoms with Crippen LogP contribution in [-0.4, -0.2) is 70.7 Å². The van der Waals surface area contributed by atoms with Crippen LogP contribution in [0.5, 0.6) is 0 Å². The van der Waals surface area contributed by atoms with Gasteiger partial charge in [0.25, 0.3) is 6.43 Å². The van der Waals surface area contributed by atoms with Gasteiger partial charge in [-0.3, -0.25) is 4.57 Å². The molecule has 2 atom stereocenters. The predicted octanol–water partition coefficient (Wildman–Crippen LogP) is 2.23. The molecule has 2 fully saturated rings. The van der Waals surface area contributed by atoms with Crippen LogP contribution in [0.2, 0.25) is 0 Å². The molecule has 1 saturated heterocycles. The molecule has 2 aliphatic rings. The van der Waals surface area contributed by atoms with E-state index in [1.165, 1.54) is 17.0 Å². The Hall–Kier alpha value is -2.26. The van der Waals surface area contributed by atoms with Crippen molar-refractivity contribution in [2.45, 2.75) is 55.8 Å². The number of hydrogen-bond donors (Lipinski definition) is 2. The van der Waals surface area contributed by atoms with Crippen LogP contribution in [0.3, 0.4) is 0 Å². The van der Waals surface area contributed by atoms with Crippen molar-refractivity contribution in [1.29, 1.82) is 0 Å². The molecule has 1 aliphatic heterocycles. The SMILES string of the molecule is C[C@H]1CN(c2cc(S(=O)(=O)NC3(C)CC3)cc3c2ncn3-c2nnc(C(F)F)s2)C[C@@H](CO)O1. The zero-order valence-corrected chi connectivity index (χ0v) is 20.1. The minimum absolute atomic E-state index is 0.0307. The second kappa shape index (κ2) is 8.45. The lowest BCUT2D eigenvalue weighted by Gasteiger charge is -2.37. The van der Waals surface area contributed by atoms with Gasteiger partial charge in [-0.2, -0.15) is 0 Å². The van der Waals surface area contributed by atoms with Gasteiger partial charge >= 0.3 is 0 Å². The highest BCUT2D eigenvalue weighted by atomic mass is 32.2. The van der Waals surface area contributed by atoms with E-state index in [2.05, 4.69) is 19.9 Å². The normalized spacial score (nSPS) is 22.6. The zero-order chi connectivity index (χ0) is 24.3. The topological polar surface area (TPSA) is 122 Å². The minimum atomic E-state index is -3.88. The average Bonchev–Trinajstić information content (AvgIpc) is 3.18. The van der Waals surface area contributed by atoms with Gasteiger partial charge in [0, 0.05) is 18.6 Å². The second-order valence-corrected chi connectivity index (χ2v) is 11.6. The fraction of sp³-hybridized carbons (Fsp3) is 0.550. The number of imidazole rings is 1. The van der Waals surface area contributed by atoms with Gasteiger partial charge in [0.1, 0.15) is 11.8 Å². The summed E-state index contributed by atoms with van der Waals surface area (Å²) in [6.07, 6.45) is -0.492. The highest BCUT2D eigenvalue weighted by Gasteiger charge is 2.41. The summed E-state index contributed by atoms with van der Waals surface area (Å²) in [6.45, 7) is 4.33. The summed E-state index contributed by atoms with van der Waals surface area (Å²) in [6, 6.07) is 3.03. The molecule has 2 N–H and O–H groups in total. The first-order chi connectivity index (χ1) is 16.1. The van der Waals surface area contributed by atoms with Crippen molar-refractivity contribution in [1.82, 2.24) is 24.5 Å². The molecule has 0 amide bonds. The first kappa shape index (κ1) is 23.5. The number of rotatable bonds is 7. The van der Waals surface area contributed by atoms with Crippen molar-refractivity contribution >= 4 is 38.1 Å². The zero-order valence-electron chi connectivity index (χ0n) is 18.5. The third kappa shape index (κ3) is 4.40. The number of nitrogens with zero attached hydrogens (tertiary/aromatic N) is 5. The summed E-state index contributed by atoms with van der Waals surface area (Å²) in [5.41, 5.74) is 0.950. The van der Waals surface area contributed by atoms with Gasteiger partial charge in [0.15, 0.2) is 5.01 Å². The van der Waals surface area contributed by atoms with Crippen molar-refractivity contribution < 1.29 is 27.0 Å². The summed E-state index contributed by atoms with van der Waals surface area (Å²) >= 11 is 0.712. The maximum Gasteiger partial charge on any atom is 0.291 e. The van der Waals surface area contributed by atoms with Gasteiger partial charge in [-0.25, -0.2) is 26.9 Å². The number of aliphatic hydroxyl groups excluding tert-OH is 1. The molecule has 14 heteroatoms. The molecule has 5 rings (SSSR count). The van der Waals surface area contributed by atoms with E-state index in [1.807, 2.05) is 18.7 Å². The molecule has 184 valence electrons. The van der Waals surface area contributed by atoms with Crippen molar-refractivity contribution in [2.24, 2.45) is 0 Å². The summed E-state index contributed by atoms with van der Waals surface area (Å²) in [7, 11) is -3.88. The number of nitrogens with one attached hydrogen (secondary N) is 1. The van der Waals surface area contributed by atoms with Crippen LogP contribution >= 0.6 is 11.3 Å². The van der Waals surface area contributed by atoms with E-state index >= 15 is 0 Å². The number of fused-ring (bicyclic) bond motifs is 1. The Labute approximate surface area is 198 Å². The van der Waals surface area contributed by atoms with Crippen molar-refractivity contribution in [3.05, 3.63) is 23.5 Å². The monoisotopic (exact) mass is 514 g/mol. The Morgan fingerprint density at radius 1 is 1.32 bits per heavy atom. The third-order valence-corrected chi connectivity index (χ3v) is 8.54. The second-order valence-electron chi connectivity index (χ2n) is 8.97. The van der Waals surface area contributed by atoms with Crippen molar-refractivity contribution in [2.75, 3.05) is 24.6 Å². The van der Waals surface area contributed by atoms with Crippen LogP contribution < -0.4 is 9.62 Å². The number of aromatic nitrogens is 4. The van der Waals surface area contributed by atoms with Crippen molar-refractivity contribution in [3.8, 4) is 5.13 Å². The lowest BCUT2D eigenvalue weighted by molar-refractivity contribution is -0.0420. The largest absolute Gasteiger partial charge is 0.394 e. The number of sulfonamides is 1. The molecule has 34 heavy (non-hydrogen) atoms. The van der Waals surface area contributed by atoms with E-state index in [0.29, 0.717) is 41.1 Å². The number of ether oxygens (including phenoxy) is 1. The van der Waals surface area contributed by atoms with Crippen LogP contribution in [0.25, 0.3) is 16.2 Å². The Balaban J connectivity index is 1.66. The standard InChI is InChI=1S/C20H24F2N6O4S2/c1-11-7-27(8-12(9-29)32-11)14-5-13(34(30,31)26-20(2)3-4-20)6-15-16(14)23-10-28(15)19-25-24-18(33-19)17(21)22/h5-6,10-12,17,26,29H,3-4,7-9H2,1-2H3/t11-,12-/m0/s1. The van der Waals surface area contributed by atoms with Crippen molar-refractivity contribution in [3.63, 3.8) is 0 Å². The molecule has 2 aromatic heterocycles. The third-order valence-electron chi connectivity index (χ3n) is 5.99. The van der Waals surface area contributed by atoms with E-state index in [0.717, 1.165) is 12.8 Å². The molecule has 0 bridgehead atoms. The molecule has 10 nitrogen and oxygen atoms in total. The van der Waals surface area contributed by atoms with Crippen LogP contribution in [0, 0.1) is 0 Å². The van der Waals surface area contributed by atoms with Gasteiger partial charge in [-0.15, -0.1) is 10.2 Å². The molecular weight excluding hydrogens is 490 g/mol. The average molecular weight is 515 g/mol. The van der Waals surface area contributed by atoms with Crippen LogP contribution in [0.4, 0.5) is 14.5 Å². The summed E-state index contributed by atoms with van der Waals surface area (Å²) in [5, 5.41) is 16.8. The Morgan fingerprint density at radius 3 is 2.74 bits per heavy atom. The molecular formula is C20H24F2N6O4S2. The lowest BCUT2D eigenvalue weighted by Crippen LogP contribution is -2.48. The van der Waals surface area contributed by atoms with Crippen LogP contribution in [0.15, 0.2) is 23.4 Å². The predicted molar refractivity (Wildman–Crippen MR) is 121 cm³/mol. The molecule has 0 spiro atoms. The van der Waals surface area contributed by atoms with Gasteiger partial charge < -0.3 is 14.7 Å². The van der Waals surface area contributed by atoms with E-state index in [-0.39, 0.29) is 22.7 Å². The first-order valence-electron chi connectivity index (χ1n) is 10.8. The maximum atomic E-state index is 13.3. The van der Waals surface area contributed by atoms with Crippen LogP contribution in [0.1, 0.15) is 38.1 Å².